The maximum absolute atomic E-state index is 14.0. The van der Waals surface area contributed by atoms with Crippen molar-refractivity contribution in [3.63, 3.8) is 0 Å². The van der Waals surface area contributed by atoms with E-state index in [1.165, 1.54) is 23.5 Å². The van der Waals surface area contributed by atoms with Gasteiger partial charge in [-0.2, -0.15) is 0 Å². The Kier molecular flexibility index (Phi) is 3.42. The van der Waals surface area contributed by atoms with Crippen LogP contribution < -0.4 is 5.73 Å². The van der Waals surface area contributed by atoms with Crippen molar-refractivity contribution in [2.45, 2.75) is 6.04 Å². The molecule has 6 heteroatoms. The molecule has 2 aromatic heterocycles. The van der Waals surface area contributed by atoms with E-state index in [1.54, 1.807) is 11.3 Å². The second-order valence-electron chi connectivity index (χ2n) is 4.03. The predicted octanol–water partition coefficient (Wildman–Crippen LogP) is 5.05. The summed E-state index contributed by atoms with van der Waals surface area (Å²) in [6, 6.07) is 5.65. The highest BCUT2D eigenvalue weighted by atomic mass is 79.9. The molecule has 2 heterocycles. The zero-order valence-corrected chi connectivity index (χ0v) is 12.7. The van der Waals surface area contributed by atoms with Crippen molar-refractivity contribution in [3.05, 3.63) is 56.2 Å². The summed E-state index contributed by atoms with van der Waals surface area (Å²) in [5.74, 6) is -1.26. The molecule has 19 heavy (non-hydrogen) atoms. The van der Waals surface area contributed by atoms with Crippen LogP contribution in [0.2, 0.25) is 0 Å². The molecule has 3 rings (SSSR count). The van der Waals surface area contributed by atoms with E-state index in [0.29, 0.717) is 0 Å². The largest absolute Gasteiger partial charge is 0.319 e. The first-order valence-electron chi connectivity index (χ1n) is 5.44. The zero-order chi connectivity index (χ0) is 13.6. The van der Waals surface area contributed by atoms with E-state index in [0.717, 1.165) is 14.3 Å². The molecule has 1 nitrogen and oxygen atoms in total. The van der Waals surface area contributed by atoms with Crippen LogP contribution in [-0.4, -0.2) is 0 Å². The average Bonchev–Trinajstić information content (AvgIpc) is 2.94. The van der Waals surface area contributed by atoms with Crippen molar-refractivity contribution < 1.29 is 8.78 Å². The zero-order valence-electron chi connectivity index (χ0n) is 9.49. The van der Waals surface area contributed by atoms with Crippen LogP contribution in [0.3, 0.4) is 0 Å². The Balaban J connectivity index is 2.11. The summed E-state index contributed by atoms with van der Waals surface area (Å²) < 4.78 is 30.2. The van der Waals surface area contributed by atoms with Gasteiger partial charge in [-0.3, -0.25) is 0 Å². The molecule has 0 fully saturated rings. The van der Waals surface area contributed by atoms with Gasteiger partial charge in [0, 0.05) is 19.8 Å². The molecule has 1 aromatic carbocycles. The monoisotopic (exact) mass is 359 g/mol. The highest BCUT2D eigenvalue weighted by Crippen LogP contribution is 2.37. The highest BCUT2D eigenvalue weighted by Gasteiger charge is 2.22. The summed E-state index contributed by atoms with van der Waals surface area (Å²) in [5.41, 5.74) is 5.93. The smallest absolute Gasteiger partial charge is 0.145 e. The number of hydrogen-bond acceptors (Lipinski definition) is 3. The molecule has 0 aliphatic rings. The van der Waals surface area contributed by atoms with Crippen LogP contribution in [-0.2, 0) is 0 Å². The summed E-state index contributed by atoms with van der Waals surface area (Å²) >= 11 is 6.11. The highest BCUT2D eigenvalue weighted by molar-refractivity contribution is 9.10. The summed E-state index contributed by atoms with van der Waals surface area (Å²) in [4.78, 5) is 0.762. The molecule has 0 radical (unpaired) electrons. The van der Waals surface area contributed by atoms with Crippen LogP contribution in [0.4, 0.5) is 8.78 Å². The van der Waals surface area contributed by atoms with E-state index in [4.69, 9.17) is 5.73 Å². The lowest BCUT2D eigenvalue weighted by molar-refractivity contribution is 0.541. The first-order chi connectivity index (χ1) is 9.08. The minimum absolute atomic E-state index is 0.0942. The van der Waals surface area contributed by atoms with Crippen molar-refractivity contribution in [3.8, 4) is 0 Å². The molecule has 0 aliphatic carbocycles. The Labute approximate surface area is 124 Å². The second-order valence-corrected chi connectivity index (χ2v) is 6.95. The standard InChI is InChI=1S/C13H8BrF2NS2/c14-6-1-2-7(15)11(12(6)16)13(17)10-5-9-8(19-10)3-4-18-9/h1-5,13H,17H2. The lowest BCUT2D eigenvalue weighted by Crippen LogP contribution is -2.14. The van der Waals surface area contributed by atoms with Gasteiger partial charge in [-0.15, -0.1) is 22.7 Å². The SMILES string of the molecule is NC(c1cc2sccc2s1)c1c(F)ccc(Br)c1F. The number of benzene rings is 1. The molecule has 98 valence electrons. The third-order valence-electron chi connectivity index (χ3n) is 2.86. The molecule has 0 aliphatic heterocycles. The first kappa shape index (κ1) is 13.2. The first-order valence-corrected chi connectivity index (χ1v) is 7.92. The minimum atomic E-state index is -0.790. The van der Waals surface area contributed by atoms with E-state index < -0.39 is 17.7 Å². The lowest BCUT2D eigenvalue weighted by atomic mass is 10.0. The molecule has 0 amide bonds. The molecule has 0 spiro atoms. The van der Waals surface area contributed by atoms with Gasteiger partial charge in [0.2, 0.25) is 0 Å². The van der Waals surface area contributed by atoms with Gasteiger partial charge in [-0.1, -0.05) is 0 Å². The van der Waals surface area contributed by atoms with Crippen LogP contribution in [0.1, 0.15) is 16.5 Å². The molecular weight excluding hydrogens is 352 g/mol. The van der Waals surface area contributed by atoms with E-state index in [-0.39, 0.29) is 10.0 Å². The van der Waals surface area contributed by atoms with E-state index >= 15 is 0 Å². The van der Waals surface area contributed by atoms with Crippen LogP contribution in [0.15, 0.2) is 34.1 Å². The van der Waals surface area contributed by atoms with Crippen molar-refractivity contribution in [2.75, 3.05) is 0 Å². The summed E-state index contributed by atoms with van der Waals surface area (Å²) in [6.07, 6.45) is 0. The van der Waals surface area contributed by atoms with Gasteiger partial charge in [-0.05, 0) is 45.6 Å². The van der Waals surface area contributed by atoms with Gasteiger partial charge in [0.1, 0.15) is 11.6 Å². The predicted molar refractivity (Wildman–Crippen MR) is 79.8 cm³/mol. The quantitative estimate of drug-likeness (QED) is 0.636. The molecule has 0 saturated carbocycles. The van der Waals surface area contributed by atoms with Crippen molar-refractivity contribution in [2.24, 2.45) is 5.73 Å². The van der Waals surface area contributed by atoms with Crippen molar-refractivity contribution in [1.29, 1.82) is 0 Å². The second kappa shape index (κ2) is 4.94. The number of thiophene rings is 2. The number of nitrogens with two attached hydrogens (primary N) is 1. The molecule has 1 atom stereocenters. The van der Waals surface area contributed by atoms with Gasteiger partial charge in [0.05, 0.1) is 10.5 Å². The number of halogens is 3. The normalized spacial score (nSPS) is 13.1. The third kappa shape index (κ3) is 2.23. The molecule has 2 N–H and O–H groups in total. The van der Waals surface area contributed by atoms with Crippen LogP contribution >= 0.6 is 38.6 Å². The Morgan fingerprint density at radius 2 is 1.95 bits per heavy atom. The Morgan fingerprint density at radius 1 is 1.16 bits per heavy atom. The minimum Gasteiger partial charge on any atom is -0.319 e. The fraction of sp³-hybridized carbons (Fsp3) is 0.0769. The fourth-order valence-electron chi connectivity index (χ4n) is 1.91. The van der Waals surface area contributed by atoms with E-state index in [1.807, 2.05) is 17.5 Å². The maximum atomic E-state index is 14.0. The van der Waals surface area contributed by atoms with Gasteiger partial charge >= 0.3 is 0 Å². The van der Waals surface area contributed by atoms with Gasteiger partial charge in [-0.25, -0.2) is 8.78 Å². The van der Waals surface area contributed by atoms with Gasteiger partial charge in [0.25, 0.3) is 0 Å². The molecule has 0 bridgehead atoms. The van der Waals surface area contributed by atoms with Gasteiger partial charge < -0.3 is 5.73 Å². The Bertz CT molecular complexity index is 722. The molecule has 3 aromatic rings. The Hall–Kier alpha value is -0.820. The van der Waals surface area contributed by atoms with E-state index in [2.05, 4.69) is 15.9 Å². The van der Waals surface area contributed by atoms with Gasteiger partial charge in [0.15, 0.2) is 0 Å². The lowest BCUT2D eigenvalue weighted by Gasteiger charge is -2.13. The topological polar surface area (TPSA) is 26.0 Å². The third-order valence-corrected chi connectivity index (χ3v) is 5.64. The fourth-order valence-corrected chi connectivity index (χ4v) is 4.38. The summed E-state index contributed by atoms with van der Waals surface area (Å²) in [6.45, 7) is 0. The molecular formula is C13H8BrF2NS2. The van der Waals surface area contributed by atoms with Crippen LogP contribution in [0.25, 0.3) is 9.40 Å². The summed E-state index contributed by atoms with van der Waals surface area (Å²) in [5, 5.41) is 1.98. The van der Waals surface area contributed by atoms with Crippen LogP contribution in [0, 0.1) is 11.6 Å². The maximum Gasteiger partial charge on any atom is 0.145 e. The molecule has 0 saturated heterocycles. The van der Waals surface area contributed by atoms with Crippen molar-refractivity contribution in [1.82, 2.24) is 0 Å². The average molecular weight is 360 g/mol. The molecule has 1 unspecified atom stereocenters. The van der Waals surface area contributed by atoms with E-state index in [9.17, 15) is 8.78 Å². The number of fused-ring (bicyclic) bond motifs is 1. The Morgan fingerprint density at radius 3 is 2.68 bits per heavy atom. The summed E-state index contributed by atoms with van der Waals surface area (Å²) in [7, 11) is 0. The van der Waals surface area contributed by atoms with Crippen LogP contribution in [0.5, 0.6) is 0 Å². The number of hydrogen-bond donors (Lipinski definition) is 1. The number of rotatable bonds is 2. The van der Waals surface area contributed by atoms with Crippen molar-refractivity contribution >= 4 is 48.0 Å².